The van der Waals surface area contributed by atoms with E-state index in [9.17, 15) is 9.59 Å². The van der Waals surface area contributed by atoms with Crippen LogP contribution in [0, 0.1) is 0 Å². The second kappa shape index (κ2) is 8.69. The zero-order valence-electron chi connectivity index (χ0n) is 14.7. The van der Waals surface area contributed by atoms with E-state index in [0.717, 1.165) is 49.6 Å². The topological polar surface area (TPSA) is 64.7 Å². The second-order valence-electron chi connectivity index (χ2n) is 6.67. The normalized spacial score (nSPS) is 18.8. The third-order valence-electron chi connectivity index (χ3n) is 4.50. The molecular formula is C18H26N4O2S. The molecule has 0 bridgehead atoms. The van der Waals surface area contributed by atoms with Gasteiger partial charge in [-0.05, 0) is 37.3 Å². The molecule has 0 unspecified atom stereocenters. The van der Waals surface area contributed by atoms with Gasteiger partial charge in [0.25, 0.3) is 0 Å². The number of piperazine rings is 1. The van der Waals surface area contributed by atoms with Gasteiger partial charge in [-0.25, -0.2) is 0 Å². The van der Waals surface area contributed by atoms with Crippen molar-refractivity contribution in [1.82, 2.24) is 15.1 Å². The SMILES string of the molecule is CSc1cccc(NC(=O)CN2CCN(CC(=O)NC3CC3)CC2)c1. The quantitative estimate of drug-likeness (QED) is 0.715. The molecule has 1 saturated heterocycles. The molecule has 1 aromatic carbocycles. The van der Waals surface area contributed by atoms with Crippen molar-refractivity contribution in [3.05, 3.63) is 24.3 Å². The van der Waals surface area contributed by atoms with Crippen LogP contribution in [0.15, 0.2) is 29.2 Å². The molecule has 1 saturated carbocycles. The number of carbonyl (C=O) groups excluding carboxylic acids is 2. The average molecular weight is 362 g/mol. The molecule has 0 spiro atoms. The number of nitrogens with zero attached hydrogens (tertiary/aromatic N) is 2. The maximum absolute atomic E-state index is 12.2. The standard InChI is InChI=1S/C18H26N4O2S/c1-25-16-4-2-3-15(11-16)20-18(24)13-22-9-7-21(8-10-22)12-17(23)19-14-5-6-14/h2-4,11,14H,5-10,12-13H2,1H3,(H,19,23)(H,20,24). The summed E-state index contributed by atoms with van der Waals surface area (Å²) in [7, 11) is 0. The van der Waals surface area contributed by atoms with Crippen LogP contribution in [0.4, 0.5) is 5.69 Å². The van der Waals surface area contributed by atoms with Crippen LogP contribution in [0.5, 0.6) is 0 Å². The number of amides is 2. The molecule has 136 valence electrons. The monoisotopic (exact) mass is 362 g/mol. The number of nitrogens with one attached hydrogen (secondary N) is 2. The molecule has 0 radical (unpaired) electrons. The number of anilines is 1. The van der Waals surface area contributed by atoms with Crippen molar-refractivity contribution < 1.29 is 9.59 Å². The highest BCUT2D eigenvalue weighted by atomic mass is 32.2. The molecule has 7 heteroatoms. The van der Waals surface area contributed by atoms with Gasteiger partial charge in [0.2, 0.25) is 11.8 Å². The molecular weight excluding hydrogens is 336 g/mol. The fourth-order valence-electron chi connectivity index (χ4n) is 2.91. The predicted molar refractivity (Wildman–Crippen MR) is 101 cm³/mol. The van der Waals surface area contributed by atoms with Gasteiger partial charge >= 0.3 is 0 Å². The van der Waals surface area contributed by atoms with Crippen molar-refractivity contribution in [3.8, 4) is 0 Å². The largest absolute Gasteiger partial charge is 0.352 e. The van der Waals surface area contributed by atoms with Crippen molar-refractivity contribution in [3.63, 3.8) is 0 Å². The highest BCUT2D eigenvalue weighted by molar-refractivity contribution is 7.98. The number of hydrogen-bond acceptors (Lipinski definition) is 5. The lowest BCUT2D eigenvalue weighted by molar-refractivity contribution is -0.123. The summed E-state index contributed by atoms with van der Waals surface area (Å²) in [6.07, 6.45) is 4.26. The van der Waals surface area contributed by atoms with E-state index < -0.39 is 0 Å². The van der Waals surface area contributed by atoms with E-state index in [1.165, 1.54) is 0 Å². The molecule has 1 heterocycles. The summed E-state index contributed by atoms with van der Waals surface area (Å²) in [5.41, 5.74) is 0.840. The van der Waals surface area contributed by atoms with Gasteiger partial charge < -0.3 is 10.6 Å². The molecule has 25 heavy (non-hydrogen) atoms. The molecule has 2 amide bonds. The fourth-order valence-corrected chi connectivity index (χ4v) is 3.37. The summed E-state index contributed by atoms with van der Waals surface area (Å²) in [5.74, 6) is 0.139. The zero-order chi connectivity index (χ0) is 17.6. The second-order valence-corrected chi connectivity index (χ2v) is 7.55. The fraction of sp³-hybridized carbons (Fsp3) is 0.556. The molecule has 1 aromatic rings. The first-order valence-corrected chi connectivity index (χ1v) is 10.0. The Morgan fingerprint density at radius 1 is 1.08 bits per heavy atom. The van der Waals surface area contributed by atoms with Crippen LogP contribution in [0.1, 0.15) is 12.8 Å². The Bertz CT molecular complexity index is 613. The molecule has 0 aromatic heterocycles. The molecule has 3 rings (SSSR count). The number of thioether (sulfide) groups is 1. The van der Waals surface area contributed by atoms with Crippen molar-refractivity contribution in [2.75, 3.05) is 50.8 Å². The van der Waals surface area contributed by atoms with Crippen LogP contribution in [-0.4, -0.2) is 73.2 Å². The maximum Gasteiger partial charge on any atom is 0.238 e. The summed E-state index contributed by atoms with van der Waals surface area (Å²) >= 11 is 1.66. The lowest BCUT2D eigenvalue weighted by Crippen LogP contribution is -2.51. The van der Waals surface area contributed by atoms with Gasteiger partial charge in [-0.15, -0.1) is 11.8 Å². The van der Waals surface area contributed by atoms with Gasteiger partial charge in [-0.2, -0.15) is 0 Å². The van der Waals surface area contributed by atoms with E-state index in [-0.39, 0.29) is 11.8 Å². The van der Waals surface area contributed by atoms with Crippen molar-refractivity contribution in [2.24, 2.45) is 0 Å². The van der Waals surface area contributed by atoms with E-state index in [1.54, 1.807) is 11.8 Å². The number of rotatable bonds is 7. The van der Waals surface area contributed by atoms with Gasteiger partial charge in [0.15, 0.2) is 0 Å². The predicted octanol–water partition coefficient (Wildman–Crippen LogP) is 1.24. The minimum Gasteiger partial charge on any atom is -0.352 e. The molecule has 0 atom stereocenters. The molecule has 2 aliphatic rings. The Kier molecular flexibility index (Phi) is 6.34. The van der Waals surface area contributed by atoms with Gasteiger partial charge in [0.1, 0.15) is 0 Å². The summed E-state index contributed by atoms with van der Waals surface area (Å²) in [6, 6.07) is 8.29. The van der Waals surface area contributed by atoms with E-state index in [4.69, 9.17) is 0 Å². The molecule has 2 N–H and O–H groups in total. The Balaban J connectivity index is 1.37. The van der Waals surface area contributed by atoms with Crippen LogP contribution >= 0.6 is 11.8 Å². The third-order valence-corrected chi connectivity index (χ3v) is 5.22. The first-order valence-electron chi connectivity index (χ1n) is 8.80. The summed E-state index contributed by atoms with van der Waals surface area (Å²) in [6.45, 7) is 4.15. The minimum atomic E-state index is 0.0122. The Morgan fingerprint density at radius 3 is 2.32 bits per heavy atom. The smallest absolute Gasteiger partial charge is 0.238 e. The number of hydrogen-bond donors (Lipinski definition) is 2. The van der Waals surface area contributed by atoms with Gasteiger partial charge in [0.05, 0.1) is 13.1 Å². The number of carbonyl (C=O) groups is 2. The van der Waals surface area contributed by atoms with Crippen LogP contribution in [-0.2, 0) is 9.59 Å². The van der Waals surface area contributed by atoms with E-state index >= 15 is 0 Å². The summed E-state index contributed by atoms with van der Waals surface area (Å²) in [5, 5.41) is 5.99. The Morgan fingerprint density at radius 2 is 1.72 bits per heavy atom. The van der Waals surface area contributed by atoms with Crippen LogP contribution in [0.25, 0.3) is 0 Å². The molecule has 1 aliphatic heterocycles. The van der Waals surface area contributed by atoms with E-state index in [2.05, 4.69) is 20.4 Å². The lowest BCUT2D eigenvalue weighted by atomic mass is 10.3. The maximum atomic E-state index is 12.2. The highest BCUT2D eigenvalue weighted by Crippen LogP contribution is 2.19. The van der Waals surface area contributed by atoms with Gasteiger partial charge in [0, 0.05) is 42.8 Å². The third kappa shape index (κ3) is 6.02. The van der Waals surface area contributed by atoms with Crippen LogP contribution in [0.2, 0.25) is 0 Å². The summed E-state index contributed by atoms with van der Waals surface area (Å²) < 4.78 is 0. The van der Waals surface area contributed by atoms with Crippen molar-refractivity contribution in [1.29, 1.82) is 0 Å². The van der Waals surface area contributed by atoms with Crippen molar-refractivity contribution in [2.45, 2.75) is 23.8 Å². The summed E-state index contributed by atoms with van der Waals surface area (Å²) in [4.78, 5) is 29.5. The Labute approximate surface area is 153 Å². The zero-order valence-corrected chi connectivity index (χ0v) is 15.5. The van der Waals surface area contributed by atoms with E-state index in [0.29, 0.717) is 19.1 Å². The average Bonchev–Trinajstić information content (AvgIpc) is 3.40. The first kappa shape index (κ1) is 18.2. The number of benzene rings is 1. The Hall–Kier alpha value is -1.57. The molecule has 2 fully saturated rings. The highest BCUT2D eigenvalue weighted by Gasteiger charge is 2.25. The first-order chi connectivity index (χ1) is 12.1. The lowest BCUT2D eigenvalue weighted by Gasteiger charge is -2.33. The van der Waals surface area contributed by atoms with Crippen LogP contribution < -0.4 is 10.6 Å². The molecule has 6 nitrogen and oxygen atoms in total. The molecule has 1 aliphatic carbocycles. The van der Waals surface area contributed by atoms with E-state index in [1.807, 2.05) is 30.5 Å². The van der Waals surface area contributed by atoms with Gasteiger partial charge in [-0.1, -0.05) is 6.07 Å². The van der Waals surface area contributed by atoms with Gasteiger partial charge in [-0.3, -0.25) is 19.4 Å². The minimum absolute atomic E-state index is 0.0122. The van der Waals surface area contributed by atoms with Crippen molar-refractivity contribution >= 4 is 29.3 Å². The van der Waals surface area contributed by atoms with Crippen LogP contribution in [0.3, 0.4) is 0 Å².